The van der Waals surface area contributed by atoms with E-state index in [1.807, 2.05) is 6.07 Å². The van der Waals surface area contributed by atoms with Crippen molar-refractivity contribution in [2.45, 2.75) is 6.54 Å². The monoisotopic (exact) mass is 456 g/mol. The van der Waals surface area contributed by atoms with Crippen molar-refractivity contribution in [3.8, 4) is 0 Å². The molecular formula is C21H18Cl2N6O2. The zero-order valence-corrected chi connectivity index (χ0v) is 17.9. The Kier molecular flexibility index (Phi) is 5.25. The van der Waals surface area contributed by atoms with Gasteiger partial charge in [0.1, 0.15) is 12.1 Å². The van der Waals surface area contributed by atoms with Crippen molar-refractivity contribution < 1.29 is 9.21 Å². The van der Waals surface area contributed by atoms with E-state index in [1.165, 1.54) is 6.26 Å². The van der Waals surface area contributed by atoms with E-state index in [1.54, 1.807) is 46.4 Å². The number of piperazine rings is 1. The highest BCUT2D eigenvalue weighted by Gasteiger charge is 2.26. The fourth-order valence-electron chi connectivity index (χ4n) is 3.74. The fourth-order valence-corrected chi connectivity index (χ4v) is 4.21. The number of aromatic nitrogens is 4. The van der Waals surface area contributed by atoms with Gasteiger partial charge in [-0.3, -0.25) is 4.79 Å². The van der Waals surface area contributed by atoms with Crippen LogP contribution >= 0.6 is 23.2 Å². The summed E-state index contributed by atoms with van der Waals surface area (Å²) in [6.07, 6.45) is 4.82. The number of hydrogen-bond acceptors (Lipinski definition) is 6. The van der Waals surface area contributed by atoms with Crippen LogP contribution in [0.2, 0.25) is 10.0 Å². The van der Waals surface area contributed by atoms with Gasteiger partial charge in [-0.05, 0) is 29.8 Å². The maximum atomic E-state index is 12.5. The van der Waals surface area contributed by atoms with Crippen LogP contribution < -0.4 is 4.90 Å². The average Bonchev–Trinajstić information content (AvgIpc) is 3.46. The normalized spacial score (nSPS) is 14.4. The van der Waals surface area contributed by atoms with Crippen LogP contribution in [0.4, 0.5) is 5.82 Å². The highest BCUT2D eigenvalue weighted by Crippen LogP contribution is 2.26. The number of nitrogens with zero attached hydrogens (tertiary/aromatic N) is 6. The van der Waals surface area contributed by atoms with E-state index in [2.05, 4.69) is 20.0 Å². The topological polar surface area (TPSA) is 80.3 Å². The van der Waals surface area contributed by atoms with Gasteiger partial charge in [0.15, 0.2) is 11.4 Å². The lowest BCUT2D eigenvalue weighted by molar-refractivity contribution is 0.0714. The molecule has 10 heteroatoms. The summed E-state index contributed by atoms with van der Waals surface area (Å²) < 4.78 is 7.03. The molecule has 0 bridgehead atoms. The first kappa shape index (κ1) is 19.8. The second-order valence-corrected chi connectivity index (χ2v) is 8.07. The Bertz CT molecular complexity index is 1230. The molecule has 0 saturated carbocycles. The highest BCUT2D eigenvalue weighted by molar-refractivity contribution is 6.35. The van der Waals surface area contributed by atoms with E-state index < -0.39 is 0 Å². The molecule has 1 aliphatic heterocycles. The molecule has 4 aromatic rings. The first-order chi connectivity index (χ1) is 15.1. The molecule has 3 aromatic heterocycles. The number of furan rings is 1. The molecule has 0 aliphatic carbocycles. The van der Waals surface area contributed by atoms with Crippen molar-refractivity contribution >= 4 is 46.0 Å². The molecule has 0 N–H and O–H groups in total. The molecular weight excluding hydrogens is 439 g/mol. The lowest BCUT2D eigenvalue weighted by Gasteiger charge is -2.35. The van der Waals surface area contributed by atoms with Crippen LogP contribution in [0.3, 0.4) is 0 Å². The third-order valence-electron chi connectivity index (χ3n) is 5.35. The van der Waals surface area contributed by atoms with Gasteiger partial charge in [-0.1, -0.05) is 29.3 Å². The summed E-state index contributed by atoms with van der Waals surface area (Å²) in [4.78, 5) is 25.4. The van der Waals surface area contributed by atoms with Crippen molar-refractivity contribution in [1.29, 1.82) is 0 Å². The van der Waals surface area contributed by atoms with Gasteiger partial charge in [-0.15, -0.1) is 0 Å². The molecule has 1 aromatic carbocycles. The summed E-state index contributed by atoms with van der Waals surface area (Å²) in [6.45, 7) is 2.96. The molecule has 0 radical (unpaired) electrons. The number of amides is 1. The number of anilines is 1. The van der Waals surface area contributed by atoms with Gasteiger partial charge >= 0.3 is 0 Å². The Hall–Kier alpha value is -3.10. The number of fused-ring (bicyclic) bond motifs is 1. The highest BCUT2D eigenvalue weighted by atomic mass is 35.5. The van der Waals surface area contributed by atoms with Gasteiger partial charge in [0.25, 0.3) is 5.91 Å². The zero-order chi connectivity index (χ0) is 21.4. The Morgan fingerprint density at radius 1 is 1.10 bits per heavy atom. The zero-order valence-electron chi connectivity index (χ0n) is 16.4. The number of carbonyl (C=O) groups is 1. The molecule has 8 nitrogen and oxygen atoms in total. The molecule has 1 aliphatic rings. The SMILES string of the molecule is O=C(c1ccco1)N1CCN(c2ncnc3c2cnn3Cc2ccc(Cl)cc2Cl)CC1. The standard InChI is InChI=1S/C21H18Cl2N6O2/c22-15-4-3-14(17(23)10-15)12-29-20-16(11-26-29)19(24-13-25-20)27-5-7-28(8-6-27)21(30)18-2-1-9-31-18/h1-4,9-11,13H,5-8,12H2. The summed E-state index contributed by atoms with van der Waals surface area (Å²) in [5.74, 6) is 1.08. The second-order valence-electron chi connectivity index (χ2n) is 7.23. The first-order valence-electron chi connectivity index (χ1n) is 9.78. The van der Waals surface area contributed by atoms with Gasteiger partial charge < -0.3 is 14.2 Å². The van der Waals surface area contributed by atoms with Crippen LogP contribution in [0.15, 0.2) is 53.5 Å². The molecule has 0 unspecified atom stereocenters. The minimum atomic E-state index is -0.0925. The Labute approximate surface area is 188 Å². The smallest absolute Gasteiger partial charge is 0.289 e. The van der Waals surface area contributed by atoms with Gasteiger partial charge in [-0.25, -0.2) is 14.6 Å². The Balaban J connectivity index is 1.35. The number of carbonyl (C=O) groups excluding carboxylic acids is 1. The number of halogens is 2. The number of hydrogen-bond donors (Lipinski definition) is 0. The minimum absolute atomic E-state index is 0.0925. The lowest BCUT2D eigenvalue weighted by atomic mass is 10.2. The summed E-state index contributed by atoms with van der Waals surface area (Å²) >= 11 is 12.3. The third-order valence-corrected chi connectivity index (χ3v) is 5.93. The van der Waals surface area contributed by atoms with Crippen molar-refractivity contribution in [3.05, 3.63) is 70.5 Å². The van der Waals surface area contributed by atoms with Gasteiger partial charge in [0.05, 0.1) is 24.4 Å². The third kappa shape index (κ3) is 3.84. The molecule has 0 atom stereocenters. The summed E-state index contributed by atoms with van der Waals surface area (Å²) in [7, 11) is 0. The summed E-state index contributed by atoms with van der Waals surface area (Å²) in [5, 5.41) is 6.54. The molecule has 0 spiro atoms. The maximum Gasteiger partial charge on any atom is 0.289 e. The van der Waals surface area contributed by atoms with Gasteiger partial charge in [0, 0.05) is 36.2 Å². The van der Waals surface area contributed by atoms with Crippen LogP contribution in [0.25, 0.3) is 11.0 Å². The second kappa shape index (κ2) is 8.20. The van der Waals surface area contributed by atoms with E-state index in [0.717, 1.165) is 22.4 Å². The van der Waals surface area contributed by atoms with Crippen LogP contribution in [0, 0.1) is 0 Å². The molecule has 4 heterocycles. The average molecular weight is 457 g/mol. The van der Waals surface area contributed by atoms with Crippen LogP contribution in [-0.2, 0) is 6.54 Å². The van der Waals surface area contributed by atoms with Crippen LogP contribution in [0.5, 0.6) is 0 Å². The van der Waals surface area contributed by atoms with Crippen molar-refractivity contribution in [1.82, 2.24) is 24.6 Å². The van der Waals surface area contributed by atoms with E-state index in [4.69, 9.17) is 27.6 Å². The van der Waals surface area contributed by atoms with E-state index in [-0.39, 0.29) is 5.91 Å². The molecule has 1 amide bonds. The lowest BCUT2D eigenvalue weighted by Crippen LogP contribution is -2.49. The van der Waals surface area contributed by atoms with Gasteiger partial charge in [-0.2, -0.15) is 5.10 Å². The van der Waals surface area contributed by atoms with Crippen molar-refractivity contribution in [2.75, 3.05) is 31.1 Å². The van der Waals surface area contributed by atoms with E-state index in [9.17, 15) is 4.79 Å². The minimum Gasteiger partial charge on any atom is -0.459 e. The maximum absolute atomic E-state index is 12.5. The van der Waals surface area contributed by atoms with E-state index in [0.29, 0.717) is 48.5 Å². The summed E-state index contributed by atoms with van der Waals surface area (Å²) in [5.41, 5.74) is 1.63. The van der Waals surface area contributed by atoms with Gasteiger partial charge in [0.2, 0.25) is 0 Å². The quantitative estimate of drug-likeness (QED) is 0.465. The van der Waals surface area contributed by atoms with E-state index >= 15 is 0 Å². The van der Waals surface area contributed by atoms with Crippen molar-refractivity contribution in [3.63, 3.8) is 0 Å². The molecule has 5 rings (SSSR count). The fraction of sp³-hybridized carbons (Fsp3) is 0.238. The first-order valence-corrected chi connectivity index (χ1v) is 10.5. The predicted octanol–water partition coefficient (Wildman–Crippen LogP) is 3.74. The Morgan fingerprint density at radius 3 is 2.68 bits per heavy atom. The molecule has 158 valence electrons. The van der Waals surface area contributed by atoms with Crippen molar-refractivity contribution in [2.24, 2.45) is 0 Å². The number of benzene rings is 1. The van der Waals surface area contributed by atoms with Crippen LogP contribution in [0.1, 0.15) is 16.1 Å². The molecule has 31 heavy (non-hydrogen) atoms. The predicted molar refractivity (Wildman–Crippen MR) is 118 cm³/mol. The molecule has 1 fully saturated rings. The molecule has 1 saturated heterocycles. The Morgan fingerprint density at radius 2 is 1.94 bits per heavy atom. The summed E-state index contributed by atoms with van der Waals surface area (Å²) in [6, 6.07) is 8.81. The number of rotatable bonds is 4. The largest absolute Gasteiger partial charge is 0.459 e. The van der Waals surface area contributed by atoms with Crippen LogP contribution in [-0.4, -0.2) is 56.7 Å².